The first-order chi connectivity index (χ1) is 6.90. The van der Waals surface area contributed by atoms with Crippen molar-refractivity contribution in [2.45, 2.75) is 37.3 Å². The van der Waals surface area contributed by atoms with Crippen molar-refractivity contribution >= 4 is 35.5 Å². The molecule has 0 aromatic carbocycles. The third kappa shape index (κ3) is 6.77. The maximum absolute atomic E-state index is 10.1. The second-order valence-corrected chi connectivity index (χ2v) is 3.23. The van der Waals surface area contributed by atoms with Crippen LogP contribution in [0.4, 0.5) is 0 Å². The van der Waals surface area contributed by atoms with E-state index >= 15 is 0 Å². The summed E-state index contributed by atoms with van der Waals surface area (Å²) in [5, 5.41) is 53.3. The number of rotatable bonds is 7. The van der Waals surface area contributed by atoms with Crippen LogP contribution in [0, 0.1) is 0 Å². The van der Waals surface area contributed by atoms with Crippen LogP contribution < -0.4 is 0 Å². The second-order valence-electron chi connectivity index (χ2n) is 3.23. The van der Waals surface area contributed by atoms with E-state index < -0.39 is 37.0 Å². The molecule has 0 saturated heterocycles. The summed E-state index contributed by atoms with van der Waals surface area (Å²) < 4.78 is 0. The Morgan fingerprint density at radius 3 is 1.81 bits per heavy atom. The molecule has 6 N–H and O–H groups in total. The van der Waals surface area contributed by atoms with Gasteiger partial charge in [0.25, 0.3) is 0 Å². The molecular formula is C8H17NaO7. The third-order valence-electron chi connectivity index (χ3n) is 1.98. The van der Waals surface area contributed by atoms with Crippen molar-refractivity contribution in [1.82, 2.24) is 0 Å². The minimum absolute atomic E-state index is 0. The molecule has 0 amide bonds. The van der Waals surface area contributed by atoms with Gasteiger partial charge in [-0.2, -0.15) is 0 Å². The number of carboxylic acids is 1. The van der Waals surface area contributed by atoms with Crippen molar-refractivity contribution in [1.29, 1.82) is 0 Å². The first-order valence-electron chi connectivity index (χ1n) is 4.45. The van der Waals surface area contributed by atoms with Gasteiger partial charge in [0, 0.05) is 6.42 Å². The fourth-order valence-electron chi connectivity index (χ4n) is 1.01. The van der Waals surface area contributed by atoms with Crippen LogP contribution in [0.25, 0.3) is 0 Å². The van der Waals surface area contributed by atoms with E-state index in [0.29, 0.717) is 0 Å². The Morgan fingerprint density at radius 2 is 1.44 bits per heavy atom. The molecule has 92 valence electrons. The summed E-state index contributed by atoms with van der Waals surface area (Å²) in [6.07, 6.45) is -7.03. The van der Waals surface area contributed by atoms with E-state index in [0.717, 1.165) is 0 Å². The summed E-state index contributed by atoms with van der Waals surface area (Å²) in [5.41, 5.74) is 0. The van der Waals surface area contributed by atoms with Crippen LogP contribution in [0.5, 0.6) is 0 Å². The zero-order chi connectivity index (χ0) is 12.0. The van der Waals surface area contributed by atoms with Crippen molar-refractivity contribution in [3.05, 3.63) is 0 Å². The van der Waals surface area contributed by atoms with Crippen LogP contribution in [0.2, 0.25) is 0 Å². The van der Waals surface area contributed by atoms with E-state index in [2.05, 4.69) is 0 Å². The van der Waals surface area contributed by atoms with Gasteiger partial charge in [0.2, 0.25) is 0 Å². The molecule has 4 unspecified atom stereocenters. The van der Waals surface area contributed by atoms with E-state index in [9.17, 15) is 15.0 Å². The second kappa shape index (κ2) is 9.32. The predicted octanol–water partition coefficient (Wildman–Crippen LogP) is -3.36. The van der Waals surface area contributed by atoms with Crippen molar-refractivity contribution in [3.63, 3.8) is 0 Å². The number of aliphatic hydroxyl groups is 5. The van der Waals surface area contributed by atoms with Crippen LogP contribution in [-0.2, 0) is 4.79 Å². The Labute approximate surface area is 115 Å². The molecule has 16 heavy (non-hydrogen) atoms. The molecule has 0 aromatic heterocycles. The fourth-order valence-corrected chi connectivity index (χ4v) is 1.01. The summed E-state index contributed by atoms with van der Waals surface area (Å²) in [6, 6.07) is 0. The van der Waals surface area contributed by atoms with Crippen LogP contribution in [0.1, 0.15) is 12.8 Å². The molecule has 0 fully saturated rings. The molecule has 4 atom stereocenters. The van der Waals surface area contributed by atoms with E-state index in [1.807, 2.05) is 0 Å². The number of carboxylic acid groups (broad SMARTS) is 1. The first kappa shape index (κ1) is 18.6. The van der Waals surface area contributed by atoms with Gasteiger partial charge in [-0.05, 0) is 6.42 Å². The molecule has 0 saturated carbocycles. The average Bonchev–Trinajstić information content (AvgIpc) is 2.22. The Kier molecular flexibility index (Phi) is 10.8. The molecule has 7 nitrogen and oxygen atoms in total. The third-order valence-corrected chi connectivity index (χ3v) is 1.98. The van der Waals surface area contributed by atoms with Crippen molar-refractivity contribution in [3.8, 4) is 0 Å². The molecule has 0 heterocycles. The predicted molar refractivity (Wildman–Crippen MR) is 55.1 cm³/mol. The molecule has 0 aliphatic heterocycles. The van der Waals surface area contributed by atoms with Gasteiger partial charge >= 0.3 is 35.5 Å². The summed E-state index contributed by atoms with van der Waals surface area (Å²) in [5.74, 6) is -1.14. The van der Waals surface area contributed by atoms with Gasteiger partial charge in [-0.1, -0.05) is 0 Å². The number of hydrogen-bond acceptors (Lipinski definition) is 6. The fraction of sp³-hybridized carbons (Fsp3) is 0.875. The quantitative estimate of drug-likeness (QED) is 0.259. The van der Waals surface area contributed by atoms with E-state index in [1.165, 1.54) is 0 Å². The summed E-state index contributed by atoms with van der Waals surface area (Å²) in [4.78, 5) is 10.1. The molecule has 0 aliphatic carbocycles. The van der Waals surface area contributed by atoms with Crippen LogP contribution >= 0.6 is 0 Å². The van der Waals surface area contributed by atoms with Gasteiger partial charge in [0.15, 0.2) is 0 Å². The SMILES string of the molecule is O=C(O)CCC(O)C(O)C(O)C(O)CO.[NaH]. The molecule has 0 spiro atoms. The maximum atomic E-state index is 10.1. The zero-order valence-electron chi connectivity index (χ0n) is 8.02. The Hall–Kier alpha value is 0.270. The topological polar surface area (TPSA) is 138 Å². The summed E-state index contributed by atoms with van der Waals surface area (Å²) in [6.45, 7) is -0.760. The van der Waals surface area contributed by atoms with Crippen LogP contribution in [-0.4, -0.2) is 97.2 Å². The van der Waals surface area contributed by atoms with Gasteiger partial charge in [0.05, 0.1) is 12.7 Å². The Morgan fingerprint density at radius 1 is 1.00 bits per heavy atom. The van der Waals surface area contributed by atoms with E-state index in [1.54, 1.807) is 0 Å². The molecular weight excluding hydrogens is 231 g/mol. The first-order valence-corrected chi connectivity index (χ1v) is 4.45. The number of aliphatic hydroxyl groups excluding tert-OH is 5. The Bertz CT molecular complexity index is 201. The minimum atomic E-state index is -1.71. The van der Waals surface area contributed by atoms with Crippen molar-refractivity contribution in [2.24, 2.45) is 0 Å². The summed E-state index contributed by atoms with van der Waals surface area (Å²) in [7, 11) is 0. The van der Waals surface area contributed by atoms with Gasteiger partial charge in [-0.25, -0.2) is 0 Å². The molecule has 0 radical (unpaired) electrons. The monoisotopic (exact) mass is 248 g/mol. The van der Waals surface area contributed by atoms with Crippen molar-refractivity contribution < 1.29 is 35.4 Å². The zero-order valence-corrected chi connectivity index (χ0v) is 8.02. The Balaban J connectivity index is 0. The number of carbonyl (C=O) groups is 1. The normalized spacial score (nSPS) is 18.1. The van der Waals surface area contributed by atoms with Gasteiger partial charge in [-0.3, -0.25) is 4.79 Å². The number of aliphatic carboxylic acids is 1. The molecule has 0 rings (SSSR count). The average molecular weight is 248 g/mol. The molecule has 8 heteroatoms. The summed E-state index contributed by atoms with van der Waals surface area (Å²) >= 11 is 0. The van der Waals surface area contributed by atoms with Gasteiger partial charge < -0.3 is 30.6 Å². The molecule has 0 aromatic rings. The van der Waals surface area contributed by atoms with Crippen LogP contribution in [0.15, 0.2) is 0 Å². The van der Waals surface area contributed by atoms with Gasteiger partial charge in [-0.15, -0.1) is 0 Å². The van der Waals surface area contributed by atoms with Crippen LogP contribution in [0.3, 0.4) is 0 Å². The molecule has 0 aliphatic rings. The number of hydrogen-bond donors (Lipinski definition) is 6. The van der Waals surface area contributed by atoms with E-state index in [-0.39, 0.29) is 42.4 Å². The standard InChI is InChI=1S/C8H16O7.Na.H/c9-3-5(11)8(15)7(14)4(10)1-2-6(12)13;;/h4-5,7-11,14-15H,1-3H2,(H,12,13);;. The molecule has 0 bridgehead atoms. The van der Waals surface area contributed by atoms with Gasteiger partial charge in [0.1, 0.15) is 18.3 Å². The van der Waals surface area contributed by atoms with E-state index in [4.69, 9.17) is 20.4 Å². The van der Waals surface area contributed by atoms with Crippen molar-refractivity contribution in [2.75, 3.05) is 6.61 Å².